The SMILES string of the molecule is C=C(C)C(C/C=C\C=C/N)Nc1cccc(-n2ccc(N)nc2=O)c1. The monoisotopic (exact) mass is 337 g/mol. The number of benzene rings is 1. The number of nitrogens with two attached hydrogens (primary N) is 2. The molecule has 6 heteroatoms. The lowest BCUT2D eigenvalue weighted by atomic mass is 10.1. The minimum absolute atomic E-state index is 0.0685. The highest BCUT2D eigenvalue weighted by Crippen LogP contribution is 2.18. The summed E-state index contributed by atoms with van der Waals surface area (Å²) in [5.41, 5.74) is 13.1. The molecule has 0 aliphatic carbocycles. The van der Waals surface area contributed by atoms with E-state index in [9.17, 15) is 4.79 Å². The maximum atomic E-state index is 12.0. The van der Waals surface area contributed by atoms with E-state index in [2.05, 4.69) is 16.9 Å². The van der Waals surface area contributed by atoms with Gasteiger partial charge in [-0.1, -0.05) is 30.4 Å². The summed E-state index contributed by atoms with van der Waals surface area (Å²) in [5, 5.41) is 3.43. The van der Waals surface area contributed by atoms with Gasteiger partial charge < -0.3 is 16.8 Å². The maximum Gasteiger partial charge on any atom is 0.354 e. The molecule has 5 N–H and O–H groups in total. The van der Waals surface area contributed by atoms with Crippen LogP contribution in [0.15, 0.2) is 77.9 Å². The molecule has 0 amide bonds. The van der Waals surface area contributed by atoms with Crippen molar-refractivity contribution >= 4 is 11.5 Å². The van der Waals surface area contributed by atoms with Crippen LogP contribution in [0.3, 0.4) is 0 Å². The topological polar surface area (TPSA) is 99.0 Å². The van der Waals surface area contributed by atoms with Crippen molar-refractivity contribution in [2.24, 2.45) is 5.73 Å². The maximum absolute atomic E-state index is 12.0. The molecule has 0 aliphatic heterocycles. The van der Waals surface area contributed by atoms with Crippen molar-refractivity contribution in [3.8, 4) is 5.69 Å². The van der Waals surface area contributed by atoms with Crippen molar-refractivity contribution in [2.45, 2.75) is 19.4 Å². The van der Waals surface area contributed by atoms with Crippen LogP contribution in [0.1, 0.15) is 13.3 Å². The van der Waals surface area contributed by atoms with Crippen molar-refractivity contribution in [3.05, 3.63) is 83.6 Å². The number of allylic oxidation sites excluding steroid dienone is 2. The number of hydrogen-bond donors (Lipinski definition) is 3. The Morgan fingerprint density at radius 1 is 1.40 bits per heavy atom. The molecule has 2 rings (SSSR count). The number of anilines is 2. The van der Waals surface area contributed by atoms with E-state index in [1.165, 1.54) is 10.8 Å². The molecule has 25 heavy (non-hydrogen) atoms. The lowest BCUT2D eigenvalue weighted by Crippen LogP contribution is -2.22. The molecule has 1 aromatic heterocycles. The Morgan fingerprint density at radius 3 is 2.88 bits per heavy atom. The van der Waals surface area contributed by atoms with Gasteiger partial charge in [0.05, 0.1) is 11.7 Å². The van der Waals surface area contributed by atoms with E-state index < -0.39 is 5.69 Å². The Bertz CT molecular complexity index is 851. The number of nitrogens with zero attached hydrogens (tertiary/aromatic N) is 2. The van der Waals surface area contributed by atoms with Gasteiger partial charge in [0.1, 0.15) is 5.82 Å². The molecule has 0 radical (unpaired) electrons. The Morgan fingerprint density at radius 2 is 2.20 bits per heavy atom. The summed E-state index contributed by atoms with van der Waals surface area (Å²) < 4.78 is 1.45. The molecule has 2 aromatic rings. The first kappa shape index (κ1) is 18.1. The molecule has 1 unspecified atom stereocenters. The van der Waals surface area contributed by atoms with Crippen LogP contribution in [0.5, 0.6) is 0 Å². The van der Waals surface area contributed by atoms with Gasteiger partial charge in [-0.2, -0.15) is 4.98 Å². The minimum Gasteiger partial charge on any atom is -0.405 e. The molecule has 1 atom stereocenters. The van der Waals surface area contributed by atoms with Gasteiger partial charge in [0.2, 0.25) is 0 Å². The lowest BCUT2D eigenvalue weighted by Gasteiger charge is -2.19. The summed E-state index contributed by atoms with van der Waals surface area (Å²) in [7, 11) is 0. The first-order valence-electron chi connectivity index (χ1n) is 7.92. The average Bonchev–Trinajstić information content (AvgIpc) is 2.57. The van der Waals surface area contributed by atoms with Gasteiger partial charge in [-0.25, -0.2) is 4.79 Å². The quantitative estimate of drug-likeness (QED) is 0.533. The van der Waals surface area contributed by atoms with Crippen LogP contribution in [-0.2, 0) is 0 Å². The molecular weight excluding hydrogens is 314 g/mol. The lowest BCUT2D eigenvalue weighted by molar-refractivity contribution is 0.840. The third kappa shape index (κ3) is 5.10. The van der Waals surface area contributed by atoms with Crippen molar-refractivity contribution in [1.29, 1.82) is 0 Å². The summed E-state index contributed by atoms with van der Waals surface area (Å²) in [5.74, 6) is 0.205. The van der Waals surface area contributed by atoms with Gasteiger partial charge in [-0.05, 0) is 49.9 Å². The molecule has 1 heterocycles. The number of hydrogen-bond acceptors (Lipinski definition) is 5. The Kier molecular flexibility index (Phi) is 6.17. The molecule has 130 valence electrons. The number of nitrogens with one attached hydrogen (secondary N) is 1. The molecule has 0 bridgehead atoms. The van der Waals surface area contributed by atoms with E-state index >= 15 is 0 Å². The Hall–Kier alpha value is -3.28. The largest absolute Gasteiger partial charge is 0.405 e. The summed E-state index contributed by atoms with van der Waals surface area (Å²) >= 11 is 0. The predicted octanol–water partition coefficient (Wildman–Crippen LogP) is 2.59. The van der Waals surface area contributed by atoms with Crippen molar-refractivity contribution in [3.63, 3.8) is 0 Å². The van der Waals surface area contributed by atoms with Gasteiger partial charge in [-0.15, -0.1) is 0 Å². The molecule has 0 fully saturated rings. The first-order chi connectivity index (χ1) is 12.0. The van der Waals surface area contributed by atoms with Crippen LogP contribution in [-0.4, -0.2) is 15.6 Å². The van der Waals surface area contributed by atoms with E-state index in [4.69, 9.17) is 11.5 Å². The third-order valence-corrected chi connectivity index (χ3v) is 3.62. The second-order valence-electron chi connectivity index (χ2n) is 5.65. The Balaban J connectivity index is 2.22. The van der Waals surface area contributed by atoms with Crippen molar-refractivity contribution in [2.75, 3.05) is 11.1 Å². The summed E-state index contributed by atoms with van der Waals surface area (Å²) in [6.45, 7) is 6.01. The fourth-order valence-electron chi connectivity index (χ4n) is 2.30. The zero-order valence-corrected chi connectivity index (χ0v) is 14.2. The molecule has 0 spiro atoms. The van der Waals surface area contributed by atoms with Crippen LogP contribution in [0.2, 0.25) is 0 Å². The van der Waals surface area contributed by atoms with Gasteiger partial charge in [0.15, 0.2) is 0 Å². The van der Waals surface area contributed by atoms with Crippen LogP contribution >= 0.6 is 0 Å². The number of nitrogen functional groups attached to an aromatic ring is 1. The molecule has 1 aromatic carbocycles. The smallest absolute Gasteiger partial charge is 0.354 e. The highest BCUT2D eigenvalue weighted by Gasteiger charge is 2.09. The van der Waals surface area contributed by atoms with E-state index in [1.54, 1.807) is 18.3 Å². The molecule has 0 aliphatic rings. The average molecular weight is 337 g/mol. The fourth-order valence-corrected chi connectivity index (χ4v) is 2.30. The Labute approximate surface area is 147 Å². The highest BCUT2D eigenvalue weighted by molar-refractivity contribution is 5.53. The molecule has 0 saturated heterocycles. The summed E-state index contributed by atoms with van der Waals surface area (Å²) in [6, 6.07) is 9.21. The van der Waals surface area contributed by atoms with Crippen LogP contribution in [0.25, 0.3) is 5.69 Å². The summed E-state index contributed by atoms with van der Waals surface area (Å²) in [6.07, 6.45) is 9.56. The van der Waals surface area contributed by atoms with Crippen LogP contribution < -0.4 is 22.5 Å². The zero-order chi connectivity index (χ0) is 18.2. The van der Waals surface area contributed by atoms with Crippen LogP contribution in [0.4, 0.5) is 11.5 Å². The van der Waals surface area contributed by atoms with E-state index in [0.29, 0.717) is 5.69 Å². The normalized spacial score (nSPS) is 12.5. The van der Waals surface area contributed by atoms with Gasteiger partial charge in [0.25, 0.3) is 0 Å². The molecule has 6 nitrogen and oxygen atoms in total. The third-order valence-electron chi connectivity index (χ3n) is 3.62. The second-order valence-corrected chi connectivity index (χ2v) is 5.65. The van der Waals surface area contributed by atoms with Crippen LogP contribution in [0, 0.1) is 0 Å². The number of aromatic nitrogens is 2. The number of rotatable bonds is 7. The van der Waals surface area contributed by atoms with E-state index in [1.807, 2.05) is 43.3 Å². The van der Waals surface area contributed by atoms with E-state index in [0.717, 1.165) is 17.7 Å². The van der Waals surface area contributed by atoms with E-state index in [-0.39, 0.29) is 11.9 Å². The highest BCUT2D eigenvalue weighted by atomic mass is 16.1. The molecular formula is C19H23N5O. The predicted molar refractivity (Wildman–Crippen MR) is 104 cm³/mol. The van der Waals surface area contributed by atoms with Crippen molar-refractivity contribution < 1.29 is 0 Å². The first-order valence-corrected chi connectivity index (χ1v) is 7.92. The fraction of sp³-hybridized carbons (Fsp3) is 0.158. The summed E-state index contributed by atoms with van der Waals surface area (Å²) in [4.78, 5) is 15.7. The zero-order valence-electron chi connectivity index (χ0n) is 14.2. The standard InChI is InChI=1S/C19H23N5O/c1-14(2)17(9-4-3-5-11-20)22-15-7-6-8-16(13-15)24-12-10-18(21)23-19(24)25/h3-8,10-13,17,22H,1,9,20H2,2H3,(H2,21,23,25)/b4-3-,11-5-. The minimum atomic E-state index is -0.412. The van der Waals surface area contributed by atoms with Crippen molar-refractivity contribution in [1.82, 2.24) is 9.55 Å². The van der Waals surface area contributed by atoms with Gasteiger partial charge in [-0.3, -0.25) is 4.57 Å². The van der Waals surface area contributed by atoms with Gasteiger partial charge >= 0.3 is 5.69 Å². The van der Waals surface area contributed by atoms with Gasteiger partial charge in [0, 0.05) is 11.9 Å². The second kappa shape index (κ2) is 8.54. The molecule has 0 saturated carbocycles.